The van der Waals surface area contributed by atoms with E-state index in [-0.39, 0.29) is 6.10 Å². The smallest absolute Gasteiger partial charge is 0.0546 e. The van der Waals surface area contributed by atoms with Gasteiger partial charge in [0.1, 0.15) is 0 Å². The van der Waals surface area contributed by atoms with E-state index in [1.165, 1.54) is 30.4 Å². The third-order valence-electron chi connectivity index (χ3n) is 5.98. The largest absolute Gasteiger partial charge is 0.393 e. The van der Waals surface area contributed by atoms with E-state index in [0.717, 1.165) is 18.8 Å². The Bertz CT molecular complexity index is 381. The van der Waals surface area contributed by atoms with Gasteiger partial charge in [0.25, 0.3) is 0 Å². The van der Waals surface area contributed by atoms with Gasteiger partial charge < -0.3 is 5.11 Å². The van der Waals surface area contributed by atoms with Gasteiger partial charge in [-0.05, 0) is 66.9 Å². The Labute approximate surface area is 118 Å². The first kappa shape index (κ1) is 14.8. The maximum atomic E-state index is 10.1. The fraction of sp³-hybridized carbons (Fsp3) is 0.778. The Morgan fingerprint density at radius 2 is 2.16 bits per heavy atom. The molecule has 2 aliphatic rings. The zero-order chi connectivity index (χ0) is 14.2. The average Bonchev–Trinajstić information content (AvgIpc) is 2.38. The maximum absolute atomic E-state index is 10.1. The van der Waals surface area contributed by atoms with Gasteiger partial charge in [-0.15, -0.1) is 0 Å². The zero-order valence-electron chi connectivity index (χ0n) is 13.1. The molecule has 5 atom stereocenters. The number of allylic oxidation sites excluding steroid dienone is 3. The molecule has 1 nitrogen and oxygen atoms in total. The zero-order valence-corrected chi connectivity index (χ0v) is 13.1. The molecular formula is C18H30O. The predicted octanol–water partition coefficient (Wildman–Crippen LogP) is 4.72. The second kappa shape index (κ2) is 5.44. The van der Waals surface area contributed by atoms with Crippen LogP contribution in [0.4, 0.5) is 0 Å². The van der Waals surface area contributed by atoms with Crippen molar-refractivity contribution in [2.24, 2.45) is 23.2 Å². The summed E-state index contributed by atoms with van der Waals surface area (Å²) in [7, 11) is 0. The second-order valence-corrected chi connectivity index (χ2v) is 6.94. The fourth-order valence-corrected chi connectivity index (χ4v) is 4.81. The molecule has 0 aliphatic heterocycles. The number of hydrogen-bond donors (Lipinski definition) is 1. The molecule has 5 unspecified atom stereocenters. The standard InChI is InChI=1S/C18H30O/c1-6-8-16-13(4)12(3)15(7-2)17-11-14(19)9-10-18(16,17)5/h7,13-14,16-17,19H,3,6,8-11H2,1-2,4-5H3. The summed E-state index contributed by atoms with van der Waals surface area (Å²) in [4.78, 5) is 0. The number of aliphatic hydroxyl groups is 1. The van der Waals surface area contributed by atoms with E-state index in [2.05, 4.69) is 40.3 Å². The third kappa shape index (κ3) is 2.31. The predicted molar refractivity (Wildman–Crippen MR) is 81.9 cm³/mol. The van der Waals surface area contributed by atoms with E-state index >= 15 is 0 Å². The van der Waals surface area contributed by atoms with Crippen LogP contribution < -0.4 is 0 Å². The monoisotopic (exact) mass is 262 g/mol. The SMILES string of the molecule is C=C1C(=CC)C2CC(O)CCC2(C)C(CCC)C1C. The van der Waals surface area contributed by atoms with E-state index < -0.39 is 0 Å². The normalized spacial score (nSPS) is 45.3. The van der Waals surface area contributed by atoms with Gasteiger partial charge in [-0.1, -0.05) is 39.8 Å². The highest BCUT2D eigenvalue weighted by atomic mass is 16.3. The van der Waals surface area contributed by atoms with Crippen LogP contribution in [0.2, 0.25) is 0 Å². The summed E-state index contributed by atoms with van der Waals surface area (Å²) in [6.45, 7) is 13.6. The van der Waals surface area contributed by atoms with Crippen LogP contribution in [0.25, 0.3) is 0 Å². The molecule has 0 aromatic carbocycles. The maximum Gasteiger partial charge on any atom is 0.0546 e. The van der Waals surface area contributed by atoms with Crippen LogP contribution >= 0.6 is 0 Å². The van der Waals surface area contributed by atoms with E-state index in [0.29, 0.717) is 17.3 Å². The Hall–Kier alpha value is -0.560. The highest BCUT2D eigenvalue weighted by Crippen LogP contribution is 2.59. The summed E-state index contributed by atoms with van der Waals surface area (Å²) in [6.07, 6.45) is 7.75. The molecule has 0 aromatic rings. The van der Waals surface area contributed by atoms with Crippen LogP contribution in [-0.2, 0) is 0 Å². The molecule has 2 rings (SSSR count). The third-order valence-corrected chi connectivity index (χ3v) is 5.98. The lowest BCUT2D eigenvalue weighted by molar-refractivity contribution is -0.0306. The van der Waals surface area contributed by atoms with Crippen LogP contribution in [0.5, 0.6) is 0 Å². The van der Waals surface area contributed by atoms with Crippen molar-refractivity contribution >= 4 is 0 Å². The lowest BCUT2D eigenvalue weighted by atomic mass is 9.49. The summed E-state index contributed by atoms with van der Waals surface area (Å²) in [5.74, 6) is 1.83. The van der Waals surface area contributed by atoms with Crippen molar-refractivity contribution in [3.8, 4) is 0 Å². The summed E-state index contributed by atoms with van der Waals surface area (Å²) in [5.41, 5.74) is 3.12. The van der Waals surface area contributed by atoms with Crippen molar-refractivity contribution in [3.05, 3.63) is 23.8 Å². The topological polar surface area (TPSA) is 20.2 Å². The molecule has 2 saturated carbocycles. The number of hydrogen-bond acceptors (Lipinski definition) is 1. The Morgan fingerprint density at radius 3 is 2.74 bits per heavy atom. The van der Waals surface area contributed by atoms with Gasteiger partial charge >= 0.3 is 0 Å². The van der Waals surface area contributed by atoms with Crippen LogP contribution in [0.15, 0.2) is 23.8 Å². The molecule has 0 amide bonds. The molecular weight excluding hydrogens is 232 g/mol. The Kier molecular flexibility index (Phi) is 4.25. The summed E-state index contributed by atoms with van der Waals surface area (Å²) < 4.78 is 0. The van der Waals surface area contributed by atoms with Gasteiger partial charge in [0.15, 0.2) is 0 Å². The quantitative estimate of drug-likeness (QED) is 0.763. The summed E-state index contributed by atoms with van der Waals surface area (Å²) in [6, 6.07) is 0. The average molecular weight is 262 g/mol. The van der Waals surface area contributed by atoms with Crippen LogP contribution in [0.1, 0.15) is 59.8 Å². The van der Waals surface area contributed by atoms with Gasteiger partial charge in [0.2, 0.25) is 0 Å². The molecule has 0 saturated heterocycles. The van der Waals surface area contributed by atoms with Crippen molar-refractivity contribution in [2.75, 3.05) is 0 Å². The molecule has 1 N–H and O–H groups in total. The van der Waals surface area contributed by atoms with Crippen molar-refractivity contribution in [1.29, 1.82) is 0 Å². The number of rotatable bonds is 2. The first-order chi connectivity index (χ1) is 8.95. The van der Waals surface area contributed by atoms with E-state index in [1.807, 2.05) is 0 Å². The van der Waals surface area contributed by atoms with Crippen molar-refractivity contribution in [3.63, 3.8) is 0 Å². The molecule has 0 heterocycles. The van der Waals surface area contributed by atoms with Crippen LogP contribution in [0, 0.1) is 23.2 Å². The molecule has 0 aromatic heterocycles. The minimum atomic E-state index is -0.114. The van der Waals surface area contributed by atoms with Crippen LogP contribution in [-0.4, -0.2) is 11.2 Å². The second-order valence-electron chi connectivity index (χ2n) is 6.94. The Balaban J connectivity index is 2.42. The molecule has 2 aliphatic carbocycles. The van der Waals surface area contributed by atoms with Crippen molar-refractivity contribution in [1.82, 2.24) is 0 Å². The van der Waals surface area contributed by atoms with E-state index in [9.17, 15) is 5.11 Å². The van der Waals surface area contributed by atoms with Gasteiger partial charge in [-0.2, -0.15) is 0 Å². The van der Waals surface area contributed by atoms with Gasteiger partial charge in [0, 0.05) is 0 Å². The molecule has 0 radical (unpaired) electrons. The van der Waals surface area contributed by atoms with E-state index in [4.69, 9.17) is 0 Å². The first-order valence-electron chi connectivity index (χ1n) is 7.99. The summed E-state index contributed by atoms with van der Waals surface area (Å²) in [5, 5.41) is 10.1. The van der Waals surface area contributed by atoms with E-state index in [1.54, 1.807) is 0 Å². The molecule has 1 heteroatoms. The minimum absolute atomic E-state index is 0.114. The van der Waals surface area contributed by atoms with Crippen LogP contribution in [0.3, 0.4) is 0 Å². The summed E-state index contributed by atoms with van der Waals surface area (Å²) >= 11 is 0. The molecule has 19 heavy (non-hydrogen) atoms. The van der Waals surface area contributed by atoms with Crippen molar-refractivity contribution < 1.29 is 5.11 Å². The lowest BCUT2D eigenvalue weighted by Gasteiger charge is -2.56. The molecule has 0 bridgehead atoms. The highest BCUT2D eigenvalue weighted by Gasteiger charge is 2.51. The highest BCUT2D eigenvalue weighted by molar-refractivity contribution is 5.38. The first-order valence-corrected chi connectivity index (χ1v) is 7.99. The molecule has 2 fully saturated rings. The molecule has 108 valence electrons. The number of aliphatic hydroxyl groups excluding tert-OH is 1. The van der Waals surface area contributed by atoms with Gasteiger partial charge in [0.05, 0.1) is 6.10 Å². The van der Waals surface area contributed by atoms with Gasteiger partial charge in [-0.3, -0.25) is 0 Å². The Morgan fingerprint density at radius 1 is 1.47 bits per heavy atom. The van der Waals surface area contributed by atoms with Gasteiger partial charge in [-0.25, -0.2) is 0 Å². The van der Waals surface area contributed by atoms with Crippen molar-refractivity contribution in [2.45, 2.75) is 65.9 Å². The number of fused-ring (bicyclic) bond motifs is 1. The lowest BCUT2D eigenvalue weighted by Crippen LogP contribution is -2.49. The molecule has 0 spiro atoms. The minimum Gasteiger partial charge on any atom is -0.393 e. The fourth-order valence-electron chi connectivity index (χ4n) is 4.81.